The van der Waals surface area contributed by atoms with Crippen molar-refractivity contribution in [2.45, 2.75) is 16.7 Å². The largest absolute Gasteiger partial charge is 0.294 e. The van der Waals surface area contributed by atoms with E-state index in [4.69, 9.17) is 23.2 Å². The lowest BCUT2D eigenvalue weighted by Crippen LogP contribution is -1.92. The normalized spacial score (nSPS) is 10.4. The van der Waals surface area contributed by atoms with Crippen molar-refractivity contribution in [3.05, 3.63) is 58.1 Å². The van der Waals surface area contributed by atoms with Crippen LogP contribution in [0.4, 0.5) is 0 Å². The Hall–Kier alpha value is -0.960. The fourth-order valence-electron chi connectivity index (χ4n) is 1.51. The highest BCUT2D eigenvalue weighted by atomic mass is 35.5. The Morgan fingerprint density at radius 2 is 1.78 bits per heavy atom. The van der Waals surface area contributed by atoms with Gasteiger partial charge in [0.15, 0.2) is 5.78 Å². The summed E-state index contributed by atoms with van der Waals surface area (Å²) in [7, 11) is 0. The lowest BCUT2D eigenvalue weighted by atomic mass is 10.1. The molecule has 18 heavy (non-hydrogen) atoms. The van der Waals surface area contributed by atoms with E-state index in [0.717, 1.165) is 9.79 Å². The Kier molecular flexibility index (Phi) is 4.33. The van der Waals surface area contributed by atoms with E-state index < -0.39 is 0 Å². The number of benzene rings is 2. The molecular formula is C14H10Cl2OS. The zero-order valence-corrected chi connectivity index (χ0v) is 11.9. The van der Waals surface area contributed by atoms with Crippen LogP contribution in [0.5, 0.6) is 0 Å². The maximum absolute atomic E-state index is 11.3. The van der Waals surface area contributed by atoms with E-state index in [1.807, 2.05) is 30.3 Å². The fraction of sp³-hybridized carbons (Fsp3) is 0.0714. The van der Waals surface area contributed by atoms with Crippen molar-refractivity contribution in [2.24, 2.45) is 0 Å². The molecule has 0 heterocycles. The standard InChI is InChI=1S/C14H10Cl2OS/c1-9(17)13-6-5-12(8-14(13)16)18-11-4-2-3-10(15)7-11/h2-8H,1H3. The number of Topliss-reactive ketones (excluding diaryl/α,β-unsaturated/α-hetero) is 1. The summed E-state index contributed by atoms with van der Waals surface area (Å²) in [5.41, 5.74) is 0.548. The molecule has 0 saturated carbocycles. The number of rotatable bonds is 3. The van der Waals surface area contributed by atoms with Gasteiger partial charge in [-0.2, -0.15) is 0 Å². The molecule has 2 aromatic rings. The fourth-order valence-corrected chi connectivity index (χ4v) is 3.06. The van der Waals surface area contributed by atoms with E-state index in [1.54, 1.807) is 23.9 Å². The van der Waals surface area contributed by atoms with Crippen LogP contribution in [0.15, 0.2) is 52.3 Å². The third-order valence-electron chi connectivity index (χ3n) is 2.35. The number of ketones is 1. The average molecular weight is 297 g/mol. The first-order valence-electron chi connectivity index (χ1n) is 5.30. The molecular weight excluding hydrogens is 287 g/mol. The molecule has 2 rings (SSSR count). The van der Waals surface area contributed by atoms with E-state index >= 15 is 0 Å². The molecule has 2 aromatic carbocycles. The van der Waals surface area contributed by atoms with Crippen molar-refractivity contribution < 1.29 is 4.79 Å². The first-order chi connectivity index (χ1) is 8.56. The van der Waals surface area contributed by atoms with Gasteiger partial charge < -0.3 is 0 Å². The molecule has 0 aliphatic heterocycles. The predicted octanol–water partition coefficient (Wildman–Crippen LogP) is 5.35. The molecule has 0 radical (unpaired) electrons. The third kappa shape index (κ3) is 3.29. The Labute approximate surface area is 120 Å². The number of carbonyl (C=O) groups is 1. The summed E-state index contributed by atoms with van der Waals surface area (Å²) in [5, 5.41) is 1.18. The van der Waals surface area contributed by atoms with Crippen LogP contribution in [0.1, 0.15) is 17.3 Å². The molecule has 0 bridgehead atoms. The van der Waals surface area contributed by atoms with Gasteiger partial charge in [-0.05, 0) is 43.3 Å². The number of halogens is 2. The second-order valence-corrected chi connectivity index (χ2v) is 5.75. The molecule has 4 heteroatoms. The first kappa shape index (κ1) is 13.5. The highest BCUT2D eigenvalue weighted by Gasteiger charge is 2.07. The Morgan fingerprint density at radius 3 is 2.39 bits per heavy atom. The van der Waals surface area contributed by atoms with Gasteiger partial charge in [-0.15, -0.1) is 0 Å². The summed E-state index contributed by atoms with van der Waals surface area (Å²) in [6.45, 7) is 1.50. The third-order valence-corrected chi connectivity index (χ3v) is 3.88. The van der Waals surface area contributed by atoms with Crippen molar-refractivity contribution in [3.63, 3.8) is 0 Å². The zero-order chi connectivity index (χ0) is 13.1. The number of hydrogen-bond donors (Lipinski definition) is 0. The van der Waals surface area contributed by atoms with Gasteiger partial charge in [-0.1, -0.05) is 41.0 Å². The summed E-state index contributed by atoms with van der Waals surface area (Å²) in [6.07, 6.45) is 0. The highest BCUT2D eigenvalue weighted by Crippen LogP contribution is 2.32. The average Bonchev–Trinajstić information content (AvgIpc) is 2.28. The summed E-state index contributed by atoms with van der Waals surface area (Å²) in [6, 6.07) is 13.0. The quantitative estimate of drug-likeness (QED) is 0.711. The molecule has 0 spiro atoms. The molecule has 0 aromatic heterocycles. The molecule has 0 saturated heterocycles. The van der Waals surface area contributed by atoms with Gasteiger partial charge in [0, 0.05) is 20.4 Å². The van der Waals surface area contributed by atoms with Gasteiger partial charge in [0.1, 0.15) is 0 Å². The van der Waals surface area contributed by atoms with Crippen LogP contribution in [0.2, 0.25) is 10.0 Å². The minimum Gasteiger partial charge on any atom is -0.294 e. The zero-order valence-electron chi connectivity index (χ0n) is 9.61. The van der Waals surface area contributed by atoms with E-state index in [-0.39, 0.29) is 5.78 Å². The number of carbonyl (C=O) groups excluding carboxylic acids is 1. The molecule has 0 aliphatic rings. The van der Waals surface area contributed by atoms with Gasteiger partial charge in [0.25, 0.3) is 0 Å². The SMILES string of the molecule is CC(=O)c1ccc(Sc2cccc(Cl)c2)cc1Cl. The predicted molar refractivity (Wildman–Crippen MR) is 77.0 cm³/mol. The van der Waals surface area contributed by atoms with E-state index in [1.165, 1.54) is 6.92 Å². The van der Waals surface area contributed by atoms with Crippen molar-refractivity contribution in [3.8, 4) is 0 Å². The van der Waals surface area contributed by atoms with Gasteiger partial charge in [0.2, 0.25) is 0 Å². The summed E-state index contributed by atoms with van der Waals surface area (Å²) < 4.78 is 0. The van der Waals surface area contributed by atoms with Crippen molar-refractivity contribution >= 4 is 40.7 Å². The smallest absolute Gasteiger partial charge is 0.161 e. The molecule has 0 amide bonds. The van der Waals surface area contributed by atoms with Gasteiger partial charge >= 0.3 is 0 Å². The number of hydrogen-bond acceptors (Lipinski definition) is 2. The van der Waals surface area contributed by atoms with Gasteiger partial charge in [0.05, 0.1) is 5.02 Å². The maximum atomic E-state index is 11.3. The van der Waals surface area contributed by atoms with Crippen molar-refractivity contribution in [1.29, 1.82) is 0 Å². The second kappa shape index (κ2) is 5.79. The Morgan fingerprint density at radius 1 is 1.06 bits per heavy atom. The van der Waals surface area contributed by atoms with Crippen LogP contribution >= 0.6 is 35.0 Å². The van der Waals surface area contributed by atoms with Gasteiger partial charge in [-0.25, -0.2) is 0 Å². The summed E-state index contributed by atoms with van der Waals surface area (Å²) >= 11 is 13.5. The Balaban J connectivity index is 2.25. The molecule has 0 aliphatic carbocycles. The monoisotopic (exact) mass is 296 g/mol. The molecule has 0 N–H and O–H groups in total. The second-order valence-electron chi connectivity index (χ2n) is 3.76. The van der Waals surface area contributed by atoms with Crippen molar-refractivity contribution in [1.82, 2.24) is 0 Å². The highest BCUT2D eigenvalue weighted by molar-refractivity contribution is 7.99. The molecule has 0 atom stereocenters. The van der Waals surface area contributed by atoms with Crippen LogP contribution in [0, 0.1) is 0 Å². The molecule has 0 unspecified atom stereocenters. The van der Waals surface area contributed by atoms with E-state index in [0.29, 0.717) is 15.6 Å². The van der Waals surface area contributed by atoms with Gasteiger partial charge in [-0.3, -0.25) is 4.79 Å². The lowest BCUT2D eigenvalue weighted by molar-refractivity contribution is 0.101. The lowest BCUT2D eigenvalue weighted by Gasteiger charge is -2.05. The summed E-state index contributed by atoms with van der Waals surface area (Å²) in [4.78, 5) is 13.3. The molecule has 0 fully saturated rings. The topological polar surface area (TPSA) is 17.1 Å². The van der Waals surface area contributed by atoms with Crippen LogP contribution < -0.4 is 0 Å². The van der Waals surface area contributed by atoms with Crippen LogP contribution in [-0.2, 0) is 0 Å². The van der Waals surface area contributed by atoms with E-state index in [2.05, 4.69) is 0 Å². The minimum absolute atomic E-state index is 0.0284. The van der Waals surface area contributed by atoms with E-state index in [9.17, 15) is 4.79 Å². The molecule has 92 valence electrons. The van der Waals surface area contributed by atoms with Crippen LogP contribution in [-0.4, -0.2) is 5.78 Å². The molecule has 1 nitrogen and oxygen atoms in total. The summed E-state index contributed by atoms with van der Waals surface area (Å²) in [5.74, 6) is -0.0284. The van der Waals surface area contributed by atoms with Crippen molar-refractivity contribution in [2.75, 3.05) is 0 Å². The Bertz CT molecular complexity index is 596. The van der Waals surface area contributed by atoms with Crippen LogP contribution in [0.25, 0.3) is 0 Å². The minimum atomic E-state index is -0.0284. The first-order valence-corrected chi connectivity index (χ1v) is 6.87. The van der Waals surface area contributed by atoms with Crippen LogP contribution in [0.3, 0.4) is 0 Å². The maximum Gasteiger partial charge on any atom is 0.161 e.